The Hall–Kier alpha value is -10.1. The number of aryl methyl sites for hydroxylation is 4. The molecule has 0 saturated carbocycles. The average Bonchev–Trinajstić information content (AvgIpc) is 0.795. The van der Waals surface area contributed by atoms with Crippen molar-refractivity contribution in [2.75, 3.05) is 26.2 Å². The first-order valence-electron chi connectivity index (χ1n) is 28.2. The molecule has 8 bridgehead atoms. The number of benzene rings is 8. The van der Waals surface area contributed by atoms with Crippen molar-refractivity contribution in [3.05, 3.63) is 233 Å². The minimum atomic E-state index is -1.36. The van der Waals surface area contributed by atoms with E-state index in [1.807, 2.05) is 27.7 Å². The molecule has 8 aromatic rings. The third-order valence-corrected chi connectivity index (χ3v) is 16.2. The topological polar surface area (TPSA) is 359 Å². The standard InChI is InChI=1S/C68H68N4O16/c1-33-5-13-37(14-6-33)57-41-21-43(63(83)49(61(41)81)25-69-29-53(73)74)58(38-15-7-34(2)8-16-38)45-23-47(67(87)51(65(45)85)27-71-31-55(77)78)60(40-19-11-36(4)12-20-40)48-24-46(66(86)52(68(48)88)28-72-32-56(79)80)59(39-17-9-35(3)10-18-39)44-22-42(57)62(82)50(64(44)84)26-70-30-54(75)76/h5-24,57-60,69-72,81-88H,25-32H2,1-4H3,(H,73,74)(H,75,76)(H,77,78)(H,79,80). The van der Waals surface area contributed by atoms with Crippen LogP contribution in [0.2, 0.25) is 0 Å². The molecule has 0 saturated heterocycles. The van der Waals surface area contributed by atoms with Gasteiger partial charge in [-0.3, -0.25) is 19.2 Å². The number of phenolic OH excluding ortho intramolecular Hbond substituents is 8. The van der Waals surface area contributed by atoms with Crippen molar-refractivity contribution in [3.8, 4) is 46.0 Å². The number of fused-ring (bicyclic) bond motifs is 8. The Bertz CT molecular complexity index is 3350. The van der Waals surface area contributed by atoms with Crippen LogP contribution in [0.4, 0.5) is 0 Å². The van der Waals surface area contributed by atoms with Gasteiger partial charge >= 0.3 is 23.9 Å². The van der Waals surface area contributed by atoms with Crippen LogP contribution in [-0.4, -0.2) is 111 Å². The zero-order chi connectivity index (χ0) is 63.4. The molecule has 0 unspecified atom stereocenters. The number of rotatable bonds is 20. The van der Waals surface area contributed by atoms with Gasteiger partial charge in [0.05, 0.1) is 48.4 Å². The van der Waals surface area contributed by atoms with Gasteiger partial charge in [0.25, 0.3) is 0 Å². The molecule has 456 valence electrons. The molecule has 88 heavy (non-hydrogen) atoms. The molecule has 0 heterocycles. The van der Waals surface area contributed by atoms with Crippen molar-refractivity contribution in [1.29, 1.82) is 0 Å². The van der Waals surface area contributed by atoms with Gasteiger partial charge in [0.2, 0.25) is 0 Å². The molecule has 0 amide bonds. The van der Waals surface area contributed by atoms with Gasteiger partial charge in [0, 0.05) is 94.4 Å². The molecular formula is C68H68N4O16. The molecule has 0 radical (unpaired) electrons. The molecule has 1 aliphatic carbocycles. The van der Waals surface area contributed by atoms with Crippen LogP contribution < -0.4 is 21.3 Å². The molecule has 20 heteroatoms. The minimum absolute atomic E-state index is 0.0304. The van der Waals surface area contributed by atoms with Crippen LogP contribution in [-0.2, 0) is 45.4 Å². The molecule has 0 atom stereocenters. The van der Waals surface area contributed by atoms with Crippen molar-refractivity contribution >= 4 is 23.9 Å². The summed E-state index contributed by atoms with van der Waals surface area (Å²) in [5.74, 6) is -15.2. The highest BCUT2D eigenvalue weighted by atomic mass is 16.4. The lowest BCUT2D eigenvalue weighted by molar-refractivity contribution is -0.137. The second-order valence-electron chi connectivity index (χ2n) is 22.3. The zero-order valence-corrected chi connectivity index (χ0v) is 48.5. The highest BCUT2D eigenvalue weighted by Crippen LogP contribution is 2.57. The number of hydrogen-bond acceptors (Lipinski definition) is 16. The van der Waals surface area contributed by atoms with Gasteiger partial charge in [-0.05, 0) is 74.2 Å². The van der Waals surface area contributed by atoms with Gasteiger partial charge in [0.15, 0.2) is 0 Å². The van der Waals surface area contributed by atoms with Crippen LogP contribution in [0.15, 0.2) is 121 Å². The molecule has 20 nitrogen and oxygen atoms in total. The Morgan fingerprint density at radius 3 is 0.568 bits per heavy atom. The van der Waals surface area contributed by atoms with E-state index in [1.54, 1.807) is 97.1 Å². The fraction of sp³-hybridized carbons (Fsp3) is 0.235. The third kappa shape index (κ3) is 12.9. The summed E-state index contributed by atoms with van der Waals surface area (Å²) in [6.07, 6.45) is 0. The molecule has 8 aromatic carbocycles. The van der Waals surface area contributed by atoms with Gasteiger partial charge < -0.3 is 82.5 Å². The molecule has 0 fully saturated rings. The normalized spacial score (nSPS) is 15.4. The van der Waals surface area contributed by atoms with Crippen LogP contribution in [0.1, 0.15) is 135 Å². The summed E-state index contributed by atoms with van der Waals surface area (Å²) in [6, 6.07) is 33.9. The van der Waals surface area contributed by atoms with E-state index in [-0.39, 0.29) is 66.8 Å². The smallest absolute Gasteiger partial charge is 0.317 e. The molecule has 1 aliphatic rings. The first-order valence-corrected chi connectivity index (χ1v) is 28.2. The van der Waals surface area contributed by atoms with E-state index in [1.165, 1.54) is 24.3 Å². The van der Waals surface area contributed by atoms with Crippen molar-refractivity contribution in [1.82, 2.24) is 21.3 Å². The van der Waals surface area contributed by atoms with Gasteiger partial charge in [0.1, 0.15) is 46.0 Å². The lowest BCUT2D eigenvalue weighted by Gasteiger charge is -2.32. The summed E-state index contributed by atoms with van der Waals surface area (Å²) in [5, 5.41) is 155. The third-order valence-electron chi connectivity index (χ3n) is 16.2. The summed E-state index contributed by atoms with van der Waals surface area (Å²) in [6.45, 7) is 2.75. The average molecular weight is 1200 g/mol. The Kier molecular flexibility index (Phi) is 18.6. The van der Waals surface area contributed by atoms with E-state index in [2.05, 4.69) is 21.3 Å². The van der Waals surface area contributed by atoms with Crippen LogP contribution in [0.5, 0.6) is 46.0 Å². The summed E-state index contributed by atoms with van der Waals surface area (Å²) in [7, 11) is 0. The van der Waals surface area contributed by atoms with E-state index in [0.717, 1.165) is 22.3 Å². The number of hydrogen-bond donors (Lipinski definition) is 16. The van der Waals surface area contributed by atoms with E-state index in [0.29, 0.717) is 22.3 Å². The summed E-state index contributed by atoms with van der Waals surface area (Å²) < 4.78 is 0. The largest absolute Gasteiger partial charge is 0.507 e. The quantitative estimate of drug-likeness (QED) is 0.0341. The number of carbonyl (C=O) groups is 4. The van der Waals surface area contributed by atoms with Crippen molar-refractivity contribution in [3.63, 3.8) is 0 Å². The fourth-order valence-corrected chi connectivity index (χ4v) is 11.8. The number of aromatic hydroxyl groups is 8. The Morgan fingerprint density at radius 2 is 0.432 bits per heavy atom. The number of carboxylic acids is 4. The lowest BCUT2D eigenvalue weighted by atomic mass is 9.73. The highest BCUT2D eigenvalue weighted by Gasteiger charge is 2.39. The van der Waals surface area contributed by atoms with Crippen LogP contribution in [0.3, 0.4) is 0 Å². The van der Waals surface area contributed by atoms with Gasteiger partial charge in [-0.15, -0.1) is 0 Å². The molecule has 16 N–H and O–H groups in total. The summed E-state index contributed by atoms with van der Waals surface area (Å²) in [5.41, 5.74) is 3.54. The Morgan fingerprint density at radius 1 is 0.284 bits per heavy atom. The molecule has 0 aromatic heterocycles. The van der Waals surface area contributed by atoms with Gasteiger partial charge in [-0.1, -0.05) is 119 Å². The monoisotopic (exact) mass is 1200 g/mol. The molecular weight excluding hydrogens is 1130 g/mol. The highest BCUT2D eigenvalue weighted by molar-refractivity contribution is 5.74. The number of phenols is 8. The summed E-state index contributed by atoms with van der Waals surface area (Å²) >= 11 is 0. The molecule has 0 aliphatic heterocycles. The first kappa shape index (κ1) is 62.4. The summed E-state index contributed by atoms with van der Waals surface area (Å²) in [4.78, 5) is 48.6. The predicted molar refractivity (Wildman–Crippen MR) is 325 cm³/mol. The van der Waals surface area contributed by atoms with Gasteiger partial charge in [-0.2, -0.15) is 0 Å². The molecule has 0 spiro atoms. The van der Waals surface area contributed by atoms with E-state index in [4.69, 9.17) is 0 Å². The van der Waals surface area contributed by atoms with Crippen LogP contribution in [0, 0.1) is 27.7 Å². The van der Waals surface area contributed by atoms with Gasteiger partial charge in [-0.25, -0.2) is 0 Å². The first-order chi connectivity index (χ1) is 41.9. The second-order valence-corrected chi connectivity index (χ2v) is 22.3. The Labute approximate surface area is 506 Å². The SMILES string of the molecule is Cc1ccc(C2c3cc(c(O)c(CNCC(=O)O)c3O)C(c3ccc(C)cc3)c3cc(c(O)c(CNCC(=O)O)c3O)C(c3ccc(C)cc3)c3cc(c(O)c(CNCC(=O)O)c3O)C(c3ccc(C)cc3)c3cc2c(O)c(CNCC(=O)O)c3O)cc1. The Balaban J connectivity index is 1.58. The van der Waals surface area contributed by atoms with Crippen molar-refractivity contribution < 1.29 is 80.5 Å². The lowest BCUT2D eigenvalue weighted by Crippen LogP contribution is -2.24. The number of aliphatic carboxylic acids is 4. The maximum atomic E-state index is 13.1. The number of carboxylic acid groups (broad SMARTS) is 4. The van der Waals surface area contributed by atoms with Crippen molar-refractivity contribution in [2.24, 2.45) is 0 Å². The second kappa shape index (κ2) is 26.2. The van der Waals surface area contributed by atoms with E-state index < -0.39 is 146 Å². The number of nitrogens with one attached hydrogen (secondary N) is 4. The van der Waals surface area contributed by atoms with Crippen LogP contribution >= 0.6 is 0 Å². The minimum Gasteiger partial charge on any atom is -0.507 e. The van der Waals surface area contributed by atoms with Crippen LogP contribution in [0.25, 0.3) is 0 Å². The predicted octanol–water partition coefficient (Wildman–Crippen LogP) is 8.30. The fourth-order valence-electron chi connectivity index (χ4n) is 11.8. The van der Waals surface area contributed by atoms with E-state index >= 15 is 0 Å². The van der Waals surface area contributed by atoms with E-state index in [9.17, 15) is 80.5 Å². The zero-order valence-electron chi connectivity index (χ0n) is 48.5. The maximum Gasteiger partial charge on any atom is 0.317 e. The maximum absolute atomic E-state index is 13.1. The van der Waals surface area contributed by atoms with Crippen molar-refractivity contribution in [2.45, 2.75) is 77.5 Å². The molecule has 9 rings (SSSR count).